The zero-order valence-electron chi connectivity index (χ0n) is 13.9. The van der Waals surface area contributed by atoms with E-state index in [1.807, 2.05) is 24.3 Å². The van der Waals surface area contributed by atoms with E-state index >= 15 is 0 Å². The standard InChI is InChI=1S/C19H21BrFN3O/c20-16-7-5-15(6-8-16)19(25)22-9-10-23-11-13-24(14-12-23)18-4-2-1-3-17(18)21/h1-8H,9-14H2,(H,22,25). The molecule has 1 heterocycles. The molecule has 1 aliphatic rings. The fourth-order valence-corrected chi connectivity index (χ4v) is 3.22. The molecule has 6 heteroatoms. The second-order valence-electron chi connectivity index (χ2n) is 6.04. The molecule has 2 aromatic carbocycles. The Bertz CT molecular complexity index is 715. The van der Waals surface area contributed by atoms with Crippen molar-refractivity contribution in [2.24, 2.45) is 0 Å². The number of piperazine rings is 1. The number of halogens is 2. The third kappa shape index (κ3) is 4.80. The van der Waals surface area contributed by atoms with E-state index in [-0.39, 0.29) is 11.7 Å². The van der Waals surface area contributed by atoms with Gasteiger partial charge in [0.25, 0.3) is 5.91 Å². The van der Waals surface area contributed by atoms with Crippen LogP contribution < -0.4 is 10.2 Å². The van der Waals surface area contributed by atoms with Crippen LogP contribution >= 0.6 is 15.9 Å². The van der Waals surface area contributed by atoms with Crippen molar-refractivity contribution < 1.29 is 9.18 Å². The predicted octanol–water partition coefficient (Wildman–Crippen LogP) is 3.14. The van der Waals surface area contributed by atoms with Crippen LogP contribution in [0.15, 0.2) is 53.0 Å². The largest absolute Gasteiger partial charge is 0.367 e. The highest BCUT2D eigenvalue weighted by Crippen LogP contribution is 2.19. The summed E-state index contributed by atoms with van der Waals surface area (Å²) in [7, 11) is 0. The van der Waals surface area contributed by atoms with Gasteiger partial charge in [0.05, 0.1) is 5.69 Å². The van der Waals surface area contributed by atoms with Crippen LogP contribution in [0.1, 0.15) is 10.4 Å². The highest BCUT2D eigenvalue weighted by Gasteiger charge is 2.19. The van der Waals surface area contributed by atoms with Gasteiger partial charge in [-0.25, -0.2) is 4.39 Å². The van der Waals surface area contributed by atoms with Gasteiger partial charge in [0.2, 0.25) is 0 Å². The minimum absolute atomic E-state index is 0.0579. The number of carbonyl (C=O) groups excluding carboxylic acids is 1. The lowest BCUT2D eigenvalue weighted by molar-refractivity contribution is 0.0947. The lowest BCUT2D eigenvalue weighted by Gasteiger charge is -2.36. The Labute approximate surface area is 155 Å². The molecule has 2 aromatic rings. The number of nitrogens with one attached hydrogen (secondary N) is 1. The highest BCUT2D eigenvalue weighted by atomic mass is 79.9. The second-order valence-corrected chi connectivity index (χ2v) is 6.96. The number of carbonyl (C=O) groups is 1. The van der Waals surface area contributed by atoms with Gasteiger partial charge in [-0.15, -0.1) is 0 Å². The number of amides is 1. The molecule has 132 valence electrons. The van der Waals surface area contributed by atoms with Gasteiger partial charge >= 0.3 is 0 Å². The predicted molar refractivity (Wildman–Crippen MR) is 102 cm³/mol. The quantitative estimate of drug-likeness (QED) is 0.829. The summed E-state index contributed by atoms with van der Waals surface area (Å²) in [5.74, 6) is -0.227. The maximum atomic E-state index is 13.8. The Morgan fingerprint density at radius 3 is 2.40 bits per heavy atom. The van der Waals surface area contributed by atoms with Crippen molar-refractivity contribution in [3.63, 3.8) is 0 Å². The van der Waals surface area contributed by atoms with Crippen molar-refractivity contribution in [3.05, 3.63) is 64.4 Å². The summed E-state index contributed by atoms with van der Waals surface area (Å²) >= 11 is 3.36. The zero-order valence-corrected chi connectivity index (χ0v) is 15.5. The summed E-state index contributed by atoms with van der Waals surface area (Å²) in [5.41, 5.74) is 1.33. The smallest absolute Gasteiger partial charge is 0.251 e. The molecule has 0 radical (unpaired) electrons. The van der Waals surface area contributed by atoms with E-state index in [0.29, 0.717) is 17.8 Å². The molecule has 0 aromatic heterocycles. The summed E-state index contributed by atoms with van der Waals surface area (Å²) < 4.78 is 14.8. The molecular weight excluding hydrogens is 385 g/mol. The van der Waals surface area contributed by atoms with E-state index in [4.69, 9.17) is 0 Å². The number of hydrogen-bond donors (Lipinski definition) is 1. The topological polar surface area (TPSA) is 35.6 Å². The molecule has 0 bridgehead atoms. The Kier molecular flexibility index (Phi) is 6.04. The molecule has 0 saturated carbocycles. The number of hydrogen-bond acceptors (Lipinski definition) is 3. The molecule has 1 fully saturated rings. The normalized spacial score (nSPS) is 15.2. The van der Waals surface area contributed by atoms with Crippen LogP contribution in [-0.4, -0.2) is 50.1 Å². The minimum Gasteiger partial charge on any atom is -0.367 e. The summed E-state index contributed by atoms with van der Waals surface area (Å²) in [6.45, 7) is 4.72. The van der Waals surface area contributed by atoms with E-state index < -0.39 is 0 Å². The molecule has 0 spiro atoms. The van der Waals surface area contributed by atoms with E-state index in [1.54, 1.807) is 18.2 Å². The third-order valence-corrected chi connectivity index (χ3v) is 4.91. The first kappa shape index (κ1) is 17.9. The van der Waals surface area contributed by atoms with Gasteiger partial charge in [0, 0.05) is 49.3 Å². The zero-order chi connectivity index (χ0) is 17.6. The van der Waals surface area contributed by atoms with Crippen molar-refractivity contribution in [3.8, 4) is 0 Å². The first-order chi connectivity index (χ1) is 12.1. The molecule has 3 rings (SSSR count). The summed E-state index contributed by atoms with van der Waals surface area (Å²) in [6.07, 6.45) is 0. The van der Waals surface area contributed by atoms with Crippen LogP contribution in [0.5, 0.6) is 0 Å². The molecule has 4 nitrogen and oxygen atoms in total. The highest BCUT2D eigenvalue weighted by molar-refractivity contribution is 9.10. The molecule has 0 unspecified atom stereocenters. The Balaban J connectivity index is 1.41. The van der Waals surface area contributed by atoms with Gasteiger partial charge in [-0.2, -0.15) is 0 Å². The summed E-state index contributed by atoms with van der Waals surface area (Å²) in [4.78, 5) is 16.4. The van der Waals surface area contributed by atoms with Crippen molar-refractivity contribution >= 4 is 27.5 Å². The first-order valence-corrected chi connectivity index (χ1v) is 9.18. The number of nitrogens with zero attached hydrogens (tertiary/aromatic N) is 2. The van der Waals surface area contributed by atoms with Crippen LogP contribution in [0.25, 0.3) is 0 Å². The van der Waals surface area contributed by atoms with Crippen LogP contribution in [0.4, 0.5) is 10.1 Å². The molecule has 1 saturated heterocycles. The maximum absolute atomic E-state index is 13.8. The SMILES string of the molecule is O=C(NCCN1CCN(c2ccccc2F)CC1)c1ccc(Br)cc1. The van der Waals surface area contributed by atoms with Gasteiger partial charge in [-0.05, 0) is 36.4 Å². The fourth-order valence-electron chi connectivity index (χ4n) is 2.95. The first-order valence-electron chi connectivity index (χ1n) is 8.39. The van der Waals surface area contributed by atoms with Gasteiger partial charge < -0.3 is 10.2 Å². The number of anilines is 1. The van der Waals surface area contributed by atoms with Crippen LogP contribution in [0, 0.1) is 5.82 Å². The second kappa shape index (κ2) is 8.45. The van der Waals surface area contributed by atoms with Gasteiger partial charge in [0.15, 0.2) is 0 Å². The summed E-state index contributed by atoms with van der Waals surface area (Å²) in [5, 5.41) is 2.95. The van der Waals surface area contributed by atoms with Gasteiger partial charge in [-0.1, -0.05) is 28.1 Å². The molecule has 0 atom stereocenters. The van der Waals surface area contributed by atoms with Crippen LogP contribution in [-0.2, 0) is 0 Å². The molecular formula is C19H21BrFN3O. The molecule has 1 aliphatic heterocycles. The van der Waals surface area contributed by atoms with E-state index in [1.165, 1.54) is 6.07 Å². The average molecular weight is 406 g/mol. The van der Waals surface area contributed by atoms with Gasteiger partial charge in [-0.3, -0.25) is 9.69 Å². The lowest BCUT2D eigenvalue weighted by atomic mass is 10.2. The lowest BCUT2D eigenvalue weighted by Crippen LogP contribution is -2.48. The van der Waals surface area contributed by atoms with Gasteiger partial charge in [0.1, 0.15) is 5.82 Å². The van der Waals surface area contributed by atoms with E-state index in [0.717, 1.165) is 37.2 Å². The van der Waals surface area contributed by atoms with Crippen LogP contribution in [0.2, 0.25) is 0 Å². The number of rotatable bonds is 5. The molecule has 0 aliphatic carbocycles. The molecule has 1 N–H and O–H groups in total. The Morgan fingerprint density at radius 1 is 1.04 bits per heavy atom. The number of benzene rings is 2. The Morgan fingerprint density at radius 2 is 1.72 bits per heavy atom. The minimum atomic E-state index is -0.169. The number of para-hydroxylation sites is 1. The van der Waals surface area contributed by atoms with Crippen LogP contribution in [0.3, 0.4) is 0 Å². The van der Waals surface area contributed by atoms with Crippen molar-refractivity contribution in [1.29, 1.82) is 0 Å². The fraction of sp³-hybridized carbons (Fsp3) is 0.316. The van der Waals surface area contributed by atoms with Crippen molar-refractivity contribution in [2.75, 3.05) is 44.2 Å². The van der Waals surface area contributed by atoms with E-state index in [9.17, 15) is 9.18 Å². The van der Waals surface area contributed by atoms with Crippen molar-refractivity contribution in [1.82, 2.24) is 10.2 Å². The monoisotopic (exact) mass is 405 g/mol. The average Bonchev–Trinajstić information content (AvgIpc) is 2.63. The molecule has 25 heavy (non-hydrogen) atoms. The maximum Gasteiger partial charge on any atom is 0.251 e. The summed E-state index contributed by atoms with van der Waals surface area (Å²) in [6, 6.07) is 14.2. The van der Waals surface area contributed by atoms with Crippen molar-refractivity contribution in [2.45, 2.75) is 0 Å². The molecule has 1 amide bonds. The Hall–Kier alpha value is -1.92. The van der Waals surface area contributed by atoms with E-state index in [2.05, 4.69) is 31.0 Å². The third-order valence-electron chi connectivity index (χ3n) is 4.39.